The second kappa shape index (κ2) is 4.39. The number of aromatic amines is 1. The molecule has 2 atom stereocenters. The van der Waals surface area contributed by atoms with Crippen molar-refractivity contribution < 1.29 is 4.79 Å². The average Bonchev–Trinajstić information content (AvgIpc) is 2.81. The van der Waals surface area contributed by atoms with E-state index in [0.29, 0.717) is 17.3 Å². The first kappa shape index (κ1) is 12.0. The molecule has 1 aromatic heterocycles. The lowest BCUT2D eigenvalue weighted by molar-refractivity contribution is 0.0947. The number of nitrogen functional groups attached to an aromatic ring is 1. The first-order valence-corrected chi connectivity index (χ1v) is 6.12. The number of aromatic nitrogens is 2. The van der Waals surface area contributed by atoms with Crippen molar-refractivity contribution in [3.63, 3.8) is 0 Å². The number of amides is 1. The molecule has 1 heterocycles. The molecule has 1 fully saturated rings. The summed E-state index contributed by atoms with van der Waals surface area (Å²) in [7, 11) is 0. The van der Waals surface area contributed by atoms with Crippen molar-refractivity contribution in [3.8, 4) is 0 Å². The Kier molecular flexibility index (Phi) is 3.09. The van der Waals surface area contributed by atoms with Gasteiger partial charge in [-0.15, -0.1) is 0 Å². The lowest BCUT2D eigenvalue weighted by Crippen LogP contribution is -2.27. The van der Waals surface area contributed by atoms with Crippen LogP contribution in [0.2, 0.25) is 0 Å². The molecule has 0 radical (unpaired) electrons. The van der Waals surface area contributed by atoms with Gasteiger partial charge >= 0.3 is 0 Å². The van der Waals surface area contributed by atoms with Crippen LogP contribution in [0.4, 0.5) is 5.69 Å². The number of carbonyl (C=O) groups excluding carboxylic acids is 1. The zero-order chi connectivity index (χ0) is 12.6. The Morgan fingerprint density at radius 3 is 2.76 bits per heavy atom. The Morgan fingerprint density at radius 1 is 1.65 bits per heavy atom. The molecule has 4 N–H and O–H groups in total. The molecule has 94 valence electrons. The Labute approximate surface area is 101 Å². The van der Waals surface area contributed by atoms with Crippen LogP contribution in [-0.2, 0) is 0 Å². The fourth-order valence-corrected chi connectivity index (χ4v) is 1.97. The third kappa shape index (κ3) is 2.43. The smallest absolute Gasteiger partial charge is 0.273 e. The number of rotatable bonds is 4. The van der Waals surface area contributed by atoms with Crippen LogP contribution in [0.15, 0.2) is 0 Å². The van der Waals surface area contributed by atoms with E-state index in [1.54, 1.807) is 0 Å². The van der Waals surface area contributed by atoms with Crippen LogP contribution in [-0.4, -0.2) is 22.6 Å². The van der Waals surface area contributed by atoms with Crippen molar-refractivity contribution in [1.82, 2.24) is 15.5 Å². The second-order valence-electron chi connectivity index (χ2n) is 5.24. The number of hydrogen-bond donors (Lipinski definition) is 3. The molecule has 1 saturated carbocycles. The van der Waals surface area contributed by atoms with Gasteiger partial charge in [-0.1, -0.05) is 20.8 Å². The van der Waals surface area contributed by atoms with Gasteiger partial charge in [0.1, 0.15) is 0 Å². The minimum absolute atomic E-state index is 0.176. The largest absolute Gasteiger partial charge is 0.395 e. The first-order chi connectivity index (χ1) is 8.00. The van der Waals surface area contributed by atoms with Crippen LogP contribution < -0.4 is 11.1 Å². The topological polar surface area (TPSA) is 83.8 Å². The normalized spacial score (nSPS) is 22.8. The van der Waals surface area contributed by atoms with Crippen LogP contribution >= 0.6 is 0 Å². The second-order valence-corrected chi connectivity index (χ2v) is 5.24. The molecule has 0 spiro atoms. The van der Waals surface area contributed by atoms with Crippen molar-refractivity contribution >= 4 is 11.6 Å². The maximum atomic E-state index is 11.9. The Hall–Kier alpha value is -1.52. The molecule has 1 aromatic rings. The lowest BCUT2D eigenvalue weighted by atomic mass is 10.1. The summed E-state index contributed by atoms with van der Waals surface area (Å²) in [5, 5.41) is 9.71. The SMILES string of the molecule is CC(C)c1[nH]nc(C(=O)NCC2CC2C)c1N. The van der Waals surface area contributed by atoms with Crippen LogP contribution in [0.5, 0.6) is 0 Å². The van der Waals surface area contributed by atoms with Gasteiger partial charge in [-0.2, -0.15) is 5.10 Å². The molecule has 0 aliphatic heterocycles. The first-order valence-electron chi connectivity index (χ1n) is 6.12. The van der Waals surface area contributed by atoms with E-state index in [2.05, 4.69) is 22.4 Å². The summed E-state index contributed by atoms with van der Waals surface area (Å²) in [5.74, 6) is 1.43. The molecule has 17 heavy (non-hydrogen) atoms. The minimum atomic E-state index is -0.176. The molecule has 1 aliphatic rings. The van der Waals surface area contributed by atoms with Gasteiger partial charge < -0.3 is 11.1 Å². The number of carbonyl (C=O) groups is 1. The van der Waals surface area contributed by atoms with Crippen molar-refractivity contribution in [2.24, 2.45) is 11.8 Å². The van der Waals surface area contributed by atoms with E-state index in [4.69, 9.17) is 5.73 Å². The monoisotopic (exact) mass is 236 g/mol. The Morgan fingerprint density at radius 2 is 2.29 bits per heavy atom. The maximum Gasteiger partial charge on any atom is 0.273 e. The molecule has 0 saturated heterocycles. The molecule has 5 nitrogen and oxygen atoms in total. The van der Waals surface area contributed by atoms with Gasteiger partial charge in [-0.3, -0.25) is 9.89 Å². The highest BCUT2D eigenvalue weighted by molar-refractivity contribution is 5.97. The molecule has 2 unspecified atom stereocenters. The van der Waals surface area contributed by atoms with E-state index >= 15 is 0 Å². The highest BCUT2D eigenvalue weighted by Gasteiger charge is 2.32. The number of nitrogens with one attached hydrogen (secondary N) is 2. The molecule has 0 aromatic carbocycles. The molecule has 1 aliphatic carbocycles. The maximum absolute atomic E-state index is 11.9. The minimum Gasteiger partial charge on any atom is -0.395 e. The zero-order valence-electron chi connectivity index (χ0n) is 10.6. The van der Waals surface area contributed by atoms with E-state index in [0.717, 1.165) is 18.2 Å². The molecular weight excluding hydrogens is 216 g/mol. The van der Waals surface area contributed by atoms with Crippen molar-refractivity contribution in [3.05, 3.63) is 11.4 Å². The quantitative estimate of drug-likeness (QED) is 0.740. The Balaban J connectivity index is 1.98. The third-order valence-electron chi connectivity index (χ3n) is 3.43. The van der Waals surface area contributed by atoms with E-state index in [1.165, 1.54) is 6.42 Å². The highest BCUT2D eigenvalue weighted by atomic mass is 16.1. The molecule has 5 heteroatoms. The molecule has 1 amide bonds. The van der Waals surface area contributed by atoms with Crippen LogP contribution in [0.25, 0.3) is 0 Å². The van der Waals surface area contributed by atoms with E-state index in [-0.39, 0.29) is 11.8 Å². The third-order valence-corrected chi connectivity index (χ3v) is 3.43. The van der Waals surface area contributed by atoms with Crippen molar-refractivity contribution in [1.29, 1.82) is 0 Å². The number of anilines is 1. The molecule has 0 bridgehead atoms. The fourth-order valence-electron chi connectivity index (χ4n) is 1.97. The number of H-pyrrole nitrogens is 1. The van der Waals surface area contributed by atoms with Gasteiger partial charge in [0.2, 0.25) is 0 Å². The van der Waals surface area contributed by atoms with Gasteiger partial charge in [-0.25, -0.2) is 0 Å². The summed E-state index contributed by atoms with van der Waals surface area (Å²) in [6.07, 6.45) is 1.20. The van der Waals surface area contributed by atoms with Gasteiger partial charge in [0.05, 0.1) is 11.4 Å². The summed E-state index contributed by atoms with van der Waals surface area (Å²) in [6, 6.07) is 0. The predicted molar refractivity (Wildman–Crippen MR) is 66.7 cm³/mol. The standard InChI is InChI=1S/C12H20N4O/c1-6(2)10-9(13)11(16-15-10)12(17)14-5-8-4-7(8)3/h6-8H,4-5,13H2,1-3H3,(H,14,17)(H,15,16). The van der Waals surface area contributed by atoms with E-state index < -0.39 is 0 Å². The lowest BCUT2D eigenvalue weighted by Gasteiger charge is -2.04. The predicted octanol–water partition coefficient (Wildman–Crippen LogP) is 1.50. The van der Waals surface area contributed by atoms with Gasteiger partial charge in [0.15, 0.2) is 5.69 Å². The summed E-state index contributed by atoms with van der Waals surface area (Å²) in [4.78, 5) is 11.9. The van der Waals surface area contributed by atoms with E-state index in [9.17, 15) is 4.79 Å². The van der Waals surface area contributed by atoms with Gasteiger partial charge in [-0.05, 0) is 24.2 Å². The summed E-state index contributed by atoms with van der Waals surface area (Å²) in [5.41, 5.74) is 7.52. The van der Waals surface area contributed by atoms with Crippen molar-refractivity contribution in [2.45, 2.75) is 33.1 Å². The average molecular weight is 236 g/mol. The van der Waals surface area contributed by atoms with Crippen molar-refractivity contribution in [2.75, 3.05) is 12.3 Å². The number of nitrogens with zero attached hydrogens (tertiary/aromatic N) is 1. The number of hydrogen-bond acceptors (Lipinski definition) is 3. The summed E-state index contributed by atoms with van der Waals surface area (Å²) < 4.78 is 0. The van der Waals surface area contributed by atoms with Gasteiger partial charge in [0.25, 0.3) is 5.91 Å². The van der Waals surface area contributed by atoms with Gasteiger partial charge in [0, 0.05) is 6.54 Å². The fraction of sp³-hybridized carbons (Fsp3) is 0.667. The number of nitrogens with two attached hydrogens (primary N) is 1. The van der Waals surface area contributed by atoms with Crippen LogP contribution in [0, 0.1) is 11.8 Å². The van der Waals surface area contributed by atoms with E-state index in [1.807, 2.05) is 13.8 Å². The molecule has 2 rings (SSSR count). The molecular formula is C12H20N4O. The van der Waals surface area contributed by atoms with Crippen LogP contribution in [0.1, 0.15) is 49.3 Å². The highest BCUT2D eigenvalue weighted by Crippen LogP contribution is 2.36. The summed E-state index contributed by atoms with van der Waals surface area (Å²) >= 11 is 0. The summed E-state index contributed by atoms with van der Waals surface area (Å²) in [6.45, 7) is 6.94. The van der Waals surface area contributed by atoms with Crippen LogP contribution in [0.3, 0.4) is 0 Å². The zero-order valence-corrected chi connectivity index (χ0v) is 10.6. The Bertz CT molecular complexity index is 424.